The second-order valence-corrected chi connectivity index (χ2v) is 8.96. The minimum absolute atomic E-state index is 0.0234. The summed E-state index contributed by atoms with van der Waals surface area (Å²) >= 11 is 0. The molecule has 0 unspecified atom stereocenters. The smallest absolute Gasteiger partial charge is 0.0911 e. The van der Waals surface area contributed by atoms with Gasteiger partial charge in [-0.1, -0.05) is 18.6 Å². The molecule has 0 amide bonds. The molecule has 7 atom stereocenters. The molecule has 0 aromatic heterocycles. The van der Waals surface area contributed by atoms with Crippen molar-refractivity contribution in [1.82, 2.24) is 0 Å². The van der Waals surface area contributed by atoms with Gasteiger partial charge in [0.05, 0.1) is 18.3 Å². The van der Waals surface area contributed by atoms with Crippen LogP contribution >= 0.6 is 0 Å². The summed E-state index contributed by atoms with van der Waals surface area (Å²) in [5.74, 6) is 1.13. The van der Waals surface area contributed by atoms with Gasteiger partial charge in [-0.2, -0.15) is 0 Å². The molecule has 1 spiro atoms. The van der Waals surface area contributed by atoms with Gasteiger partial charge in [0.2, 0.25) is 0 Å². The number of rotatable bonds is 1. The molecule has 0 heterocycles. The third-order valence-corrected chi connectivity index (χ3v) is 8.11. The molecule has 3 fully saturated rings. The maximum Gasteiger partial charge on any atom is 0.0911 e. The first-order valence-electron chi connectivity index (χ1n) is 9.06. The average Bonchev–Trinajstić information content (AvgIpc) is 2.73. The lowest BCUT2D eigenvalue weighted by molar-refractivity contribution is -0.223. The van der Waals surface area contributed by atoms with E-state index in [0.717, 1.165) is 25.7 Å². The minimum atomic E-state index is -0.996. The van der Waals surface area contributed by atoms with Crippen LogP contribution in [0.2, 0.25) is 0 Å². The number of fused-ring (bicyclic) bond motifs is 3. The highest BCUT2D eigenvalue weighted by Crippen LogP contribution is 2.69. The highest BCUT2D eigenvalue weighted by atomic mass is 16.3. The van der Waals surface area contributed by atoms with E-state index in [9.17, 15) is 15.3 Å². The predicted molar refractivity (Wildman–Crippen MR) is 85.1 cm³/mol. The van der Waals surface area contributed by atoms with E-state index in [2.05, 4.69) is 19.9 Å². The standard InChI is InChI=1S/C19H30O3/c1-12-9-18-10-13(12)4-5-14(18)17(2)6-3-7-19(22,11-20)15(17)8-16(18)21/h9,13-16,20-22H,3-8,10-11H2,1-2H3/t13-,14+,15+,16+,17+,18+,19+/m1/s1. The van der Waals surface area contributed by atoms with E-state index >= 15 is 0 Å². The zero-order valence-electron chi connectivity index (χ0n) is 13.9. The summed E-state index contributed by atoms with van der Waals surface area (Å²) in [7, 11) is 0. The van der Waals surface area contributed by atoms with Crippen LogP contribution in [-0.2, 0) is 0 Å². The van der Waals surface area contributed by atoms with Crippen LogP contribution in [0.5, 0.6) is 0 Å². The van der Waals surface area contributed by atoms with Gasteiger partial charge in [-0.25, -0.2) is 0 Å². The summed E-state index contributed by atoms with van der Waals surface area (Å²) in [6.07, 6.45) is 8.93. The van der Waals surface area contributed by atoms with Gasteiger partial charge in [-0.05, 0) is 75.0 Å². The van der Waals surface area contributed by atoms with E-state index in [4.69, 9.17) is 0 Å². The Labute approximate surface area is 133 Å². The Bertz CT molecular complexity index is 515. The Morgan fingerprint density at radius 2 is 2.00 bits per heavy atom. The van der Waals surface area contributed by atoms with Crippen molar-refractivity contribution >= 4 is 0 Å². The van der Waals surface area contributed by atoms with Crippen LogP contribution < -0.4 is 0 Å². The molecule has 4 aliphatic carbocycles. The summed E-state index contributed by atoms with van der Waals surface area (Å²) < 4.78 is 0. The van der Waals surface area contributed by atoms with Crippen LogP contribution in [0, 0.1) is 28.6 Å². The minimum Gasteiger partial charge on any atom is -0.393 e. The molecule has 0 saturated heterocycles. The molecule has 3 N–H and O–H groups in total. The van der Waals surface area contributed by atoms with Gasteiger partial charge in [0.25, 0.3) is 0 Å². The van der Waals surface area contributed by atoms with Crippen LogP contribution in [0.4, 0.5) is 0 Å². The van der Waals surface area contributed by atoms with Gasteiger partial charge in [-0.3, -0.25) is 0 Å². The summed E-state index contributed by atoms with van der Waals surface area (Å²) in [5, 5.41) is 31.8. The average molecular weight is 306 g/mol. The summed E-state index contributed by atoms with van der Waals surface area (Å²) in [5.41, 5.74) is 0.452. The molecule has 0 radical (unpaired) electrons. The molecule has 3 nitrogen and oxygen atoms in total. The number of allylic oxidation sites excluding steroid dienone is 1. The van der Waals surface area contributed by atoms with Crippen molar-refractivity contribution in [2.45, 2.75) is 70.5 Å². The molecule has 0 aliphatic heterocycles. The maximum absolute atomic E-state index is 11.0. The second kappa shape index (κ2) is 4.58. The van der Waals surface area contributed by atoms with E-state index in [1.807, 2.05) is 0 Å². The van der Waals surface area contributed by atoms with E-state index in [1.165, 1.54) is 12.0 Å². The normalized spacial score (nSPS) is 57.0. The molecule has 0 aromatic carbocycles. The van der Waals surface area contributed by atoms with Crippen molar-refractivity contribution in [3.8, 4) is 0 Å². The molecular formula is C19H30O3. The van der Waals surface area contributed by atoms with Crippen molar-refractivity contribution in [2.24, 2.45) is 28.6 Å². The highest BCUT2D eigenvalue weighted by Gasteiger charge is 2.66. The van der Waals surface area contributed by atoms with Gasteiger partial charge in [0, 0.05) is 5.41 Å². The fourth-order valence-electron chi connectivity index (χ4n) is 7.08. The van der Waals surface area contributed by atoms with Gasteiger partial charge in [-0.15, -0.1) is 0 Å². The van der Waals surface area contributed by atoms with Gasteiger partial charge < -0.3 is 15.3 Å². The van der Waals surface area contributed by atoms with Crippen LogP contribution in [-0.4, -0.2) is 33.6 Å². The van der Waals surface area contributed by atoms with Crippen molar-refractivity contribution in [1.29, 1.82) is 0 Å². The SMILES string of the molecule is CC1=C[C@]23C[C@H]1CC[C@H]2[C@]1(C)CCC[C@](O)(CO)[C@H]1C[C@@H]3O. The summed E-state index contributed by atoms with van der Waals surface area (Å²) in [6, 6.07) is 0. The Balaban J connectivity index is 1.80. The Kier molecular flexibility index (Phi) is 3.16. The Morgan fingerprint density at radius 3 is 2.73 bits per heavy atom. The van der Waals surface area contributed by atoms with E-state index in [1.54, 1.807) is 0 Å². The van der Waals surface area contributed by atoms with E-state index < -0.39 is 5.60 Å². The third kappa shape index (κ3) is 1.68. The number of aliphatic hydroxyl groups is 3. The molecule has 22 heavy (non-hydrogen) atoms. The quantitative estimate of drug-likeness (QED) is 0.653. The molecule has 3 saturated carbocycles. The first-order valence-corrected chi connectivity index (χ1v) is 9.06. The Morgan fingerprint density at radius 1 is 1.23 bits per heavy atom. The van der Waals surface area contributed by atoms with Gasteiger partial charge >= 0.3 is 0 Å². The lowest BCUT2D eigenvalue weighted by Crippen LogP contribution is -2.64. The largest absolute Gasteiger partial charge is 0.393 e. The fraction of sp³-hybridized carbons (Fsp3) is 0.895. The third-order valence-electron chi connectivity index (χ3n) is 8.11. The zero-order chi connectivity index (χ0) is 15.8. The lowest BCUT2D eigenvalue weighted by Gasteiger charge is -2.64. The van der Waals surface area contributed by atoms with E-state index in [0.29, 0.717) is 24.7 Å². The first-order chi connectivity index (χ1) is 10.4. The van der Waals surface area contributed by atoms with Gasteiger partial charge in [0.15, 0.2) is 0 Å². The molecule has 0 aromatic rings. The number of hydrogen-bond acceptors (Lipinski definition) is 3. The van der Waals surface area contributed by atoms with Crippen molar-refractivity contribution in [2.75, 3.05) is 6.61 Å². The number of hydrogen-bond donors (Lipinski definition) is 3. The topological polar surface area (TPSA) is 60.7 Å². The van der Waals surface area contributed by atoms with Gasteiger partial charge in [0.1, 0.15) is 0 Å². The van der Waals surface area contributed by atoms with Crippen molar-refractivity contribution < 1.29 is 15.3 Å². The highest BCUT2D eigenvalue weighted by molar-refractivity contribution is 5.29. The molecule has 4 rings (SSSR count). The first kappa shape index (κ1) is 15.2. The van der Waals surface area contributed by atoms with E-state index in [-0.39, 0.29) is 29.5 Å². The molecule has 3 heteroatoms. The summed E-state index contributed by atoms with van der Waals surface area (Å²) in [4.78, 5) is 0. The fourth-order valence-corrected chi connectivity index (χ4v) is 7.08. The van der Waals surface area contributed by atoms with Crippen LogP contribution in [0.3, 0.4) is 0 Å². The summed E-state index contributed by atoms with van der Waals surface area (Å²) in [6.45, 7) is 4.39. The van der Waals surface area contributed by atoms with Crippen LogP contribution in [0.15, 0.2) is 11.6 Å². The predicted octanol–water partition coefficient (Wildman–Crippen LogP) is 2.64. The lowest BCUT2D eigenvalue weighted by atomic mass is 9.42. The number of aliphatic hydroxyl groups excluding tert-OH is 2. The zero-order valence-corrected chi connectivity index (χ0v) is 13.9. The van der Waals surface area contributed by atoms with Crippen molar-refractivity contribution in [3.63, 3.8) is 0 Å². The maximum atomic E-state index is 11.0. The van der Waals surface area contributed by atoms with Crippen LogP contribution in [0.1, 0.15) is 58.8 Å². The monoisotopic (exact) mass is 306 g/mol. The molecular weight excluding hydrogens is 276 g/mol. The second-order valence-electron chi connectivity index (χ2n) is 8.96. The van der Waals surface area contributed by atoms with Crippen molar-refractivity contribution in [3.05, 3.63) is 11.6 Å². The molecule has 2 bridgehead atoms. The molecule has 124 valence electrons. The van der Waals surface area contributed by atoms with Crippen LogP contribution in [0.25, 0.3) is 0 Å². The Hall–Kier alpha value is -0.380. The molecule has 4 aliphatic rings.